The van der Waals surface area contributed by atoms with Gasteiger partial charge in [-0.3, -0.25) is 0 Å². The SMILES string of the molecule is CCCCCC(C)NCc1cc(Br)c(OC)c(Br)c1. The maximum atomic E-state index is 5.31. The van der Waals surface area contributed by atoms with Gasteiger partial charge in [-0.05, 0) is 62.9 Å². The van der Waals surface area contributed by atoms with Crippen molar-refractivity contribution in [2.24, 2.45) is 0 Å². The van der Waals surface area contributed by atoms with E-state index in [4.69, 9.17) is 4.74 Å². The normalized spacial score (nSPS) is 12.5. The summed E-state index contributed by atoms with van der Waals surface area (Å²) in [6, 6.07) is 4.77. The van der Waals surface area contributed by atoms with Crippen LogP contribution in [0.2, 0.25) is 0 Å². The Morgan fingerprint density at radius 1 is 1.21 bits per heavy atom. The van der Waals surface area contributed by atoms with Crippen molar-refractivity contribution in [1.82, 2.24) is 5.32 Å². The highest BCUT2D eigenvalue weighted by Crippen LogP contribution is 2.34. The van der Waals surface area contributed by atoms with Crippen LogP contribution in [0.1, 0.15) is 45.1 Å². The van der Waals surface area contributed by atoms with Crippen molar-refractivity contribution in [1.29, 1.82) is 0 Å². The first-order chi connectivity index (χ1) is 9.08. The Bertz CT molecular complexity index is 373. The molecule has 0 bridgehead atoms. The second-order valence-corrected chi connectivity index (χ2v) is 6.58. The lowest BCUT2D eigenvalue weighted by Crippen LogP contribution is -2.25. The summed E-state index contributed by atoms with van der Waals surface area (Å²) in [4.78, 5) is 0. The monoisotopic (exact) mass is 391 g/mol. The molecular weight excluding hydrogens is 370 g/mol. The lowest BCUT2D eigenvalue weighted by Gasteiger charge is -2.15. The van der Waals surface area contributed by atoms with Crippen molar-refractivity contribution >= 4 is 31.9 Å². The van der Waals surface area contributed by atoms with Gasteiger partial charge < -0.3 is 10.1 Å². The van der Waals surface area contributed by atoms with E-state index in [0.717, 1.165) is 21.2 Å². The molecule has 1 N–H and O–H groups in total. The van der Waals surface area contributed by atoms with E-state index in [1.807, 2.05) is 0 Å². The van der Waals surface area contributed by atoms with E-state index in [-0.39, 0.29) is 0 Å². The van der Waals surface area contributed by atoms with Crippen molar-refractivity contribution in [2.75, 3.05) is 7.11 Å². The highest BCUT2D eigenvalue weighted by Gasteiger charge is 2.08. The zero-order valence-corrected chi connectivity index (χ0v) is 15.1. The van der Waals surface area contributed by atoms with E-state index in [9.17, 15) is 0 Å². The van der Waals surface area contributed by atoms with Gasteiger partial charge in [0.1, 0.15) is 5.75 Å². The second kappa shape index (κ2) is 8.98. The predicted octanol–water partition coefficient (Wildman–Crippen LogP) is 5.28. The number of nitrogens with one attached hydrogen (secondary N) is 1. The first kappa shape index (κ1) is 17.0. The molecule has 0 aromatic heterocycles. The summed E-state index contributed by atoms with van der Waals surface area (Å²) in [5, 5.41) is 3.57. The molecule has 0 saturated carbocycles. The van der Waals surface area contributed by atoms with Gasteiger partial charge in [0, 0.05) is 12.6 Å². The largest absolute Gasteiger partial charge is 0.494 e. The van der Waals surface area contributed by atoms with Crippen molar-refractivity contribution < 1.29 is 4.74 Å². The average molecular weight is 393 g/mol. The molecule has 0 fully saturated rings. The van der Waals surface area contributed by atoms with E-state index in [1.165, 1.54) is 31.2 Å². The Morgan fingerprint density at radius 2 is 1.84 bits per heavy atom. The third kappa shape index (κ3) is 5.84. The van der Waals surface area contributed by atoms with Gasteiger partial charge in [0.25, 0.3) is 0 Å². The Balaban J connectivity index is 2.49. The van der Waals surface area contributed by atoms with Gasteiger partial charge in [-0.2, -0.15) is 0 Å². The molecule has 1 rings (SSSR count). The number of unbranched alkanes of at least 4 members (excludes halogenated alkanes) is 2. The van der Waals surface area contributed by atoms with Gasteiger partial charge in [-0.15, -0.1) is 0 Å². The van der Waals surface area contributed by atoms with Crippen LogP contribution in [-0.4, -0.2) is 13.2 Å². The Hall–Kier alpha value is -0.0600. The Morgan fingerprint density at radius 3 is 2.37 bits per heavy atom. The maximum absolute atomic E-state index is 5.31. The number of methoxy groups -OCH3 is 1. The minimum atomic E-state index is 0.561. The zero-order valence-electron chi connectivity index (χ0n) is 11.9. The molecule has 19 heavy (non-hydrogen) atoms. The molecule has 1 unspecified atom stereocenters. The third-order valence-corrected chi connectivity index (χ3v) is 4.34. The number of hydrogen-bond donors (Lipinski definition) is 1. The van der Waals surface area contributed by atoms with Gasteiger partial charge in [0.05, 0.1) is 16.1 Å². The summed E-state index contributed by atoms with van der Waals surface area (Å²) in [5.41, 5.74) is 1.25. The lowest BCUT2D eigenvalue weighted by molar-refractivity contribution is 0.409. The Labute approximate surface area is 133 Å². The number of halogens is 2. The number of rotatable bonds is 8. The fourth-order valence-electron chi connectivity index (χ4n) is 2.00. The second-order valence-electron chi connectivity index (χ2n) is 4.87. The van der Waals surface area contributed by atoms with Crippen LogP contribution in [0.25, 0.3) is 0 Å². The molecule has 0 aliphatic carbocycles. The van der Waals surface area contributed by atoms with Crippen LogP contribution in [0.5, 0.6) is 5.75 Å². The summed E-state index contributed by atoms with van der Waals surface area (Å²) < 4.78 is 7.28. The van der Waals surface area contributed by atoms with Crippen LogP contribution in [0, 0.1) is 0 Å². The minimum absolute atomic E-state index is 0.561. The molecule has 0 amide bonds. The van der Waals surface area contributed by atoms with Crippen molar-refractivity contribution in [3.63, 3.8) is 0 Å². The maximum Gasteiger partial charge on any atom is 0.147 e. The molecule has 0 radical (unpaired) electrons. The smallest absolute Gasteiger partial charge is 0.147 e. The number of ether oxygens (including phenoxy) is 1. The fraction of sp³-hybridized carbons (Fsp3) is 0.600. The van der Waals surface area contributed by atoms with Gasteiger partial charge in [0.2, 0.25) is 0 Å². The average Bonchev–Trinajstić information content (AvgIpc) is 2.36. The summed E-state index contributed by atoms with van der Waals surface area (Å²) in [6.45, 7) is 5.38. The van der Waals surface area contributed by atoms with Crippen LogP contribution in [0.4, 0.5) is 0 Å². The highest BCUT2D eigenvalue weighted by molar-refractivity contribution is 9.11. The first-order valence-electron chi connectivity index (χ1n) is 6.83. The van der Waals surface area contributed by atoms with E-state index in [0.29, 0.717) is 6.04 Å². The van der Waals surface area contributed by atoms with Crippen LogP contribution < -0.4 is 10.1 Å². The molecule has 0 heterocycles. The van der Waals surface area contributed by atoms with E-state index in [2.05, 4.69) is 63.2 Å². The predicted molar refractivity (Wildman–Crippen MR) is 88.8 cm³/mol. The topological polar surface area (TPSA) is 21.3 Å². The van der Waals surface area contributed by atoms with Gasteiger partial charge in [0.15, 0.2) is 0 Å². The summed E-state index contributed by atoms with van der Waals surface area (Å²) >= 11 is 7.07. The molecule has 0 aliphatic heterocycles. The molecule has 1 atom stereocenters. The first-order valence-corrected chi connectivity index (χ1v) is 8.42. The van der Waals surface area contributed by atoms with Gasteiger partial charge >= 0.3 is 0 Å². The molecule has 2 nitrogen and oxygen atoms in total. The molecule has 108 valence electrons. The van der Waals surface area contributed by atoms with Crippen molar-refractivity contribution in [3.05, 3.63) is 26.6 Å². The van der Waals surface area contributed by atoms with Gasteiger partial charge in [-0.25, -0.2) is 0 Å². The fourth-order valence-corrected chi connectivity index (χ4v) is 3.61. The summed E-state index contributed by atoms with van der Waals surface area (Å²) in [7, 11) is 1.68. The van der Waals surface area contributed by atoms with Gasteiger partial charge in [-0.1, -0.05) is 26.2 Å². The van der Waals surface area contributed by atoms with Crippen LogP contribution in [0.15, 0.2) is 21.1 Å². The van der Waals surface area contributed by atoms with Crippen molar-refractivity contribution in [3.8, 4) is 5.75 Å². The van der Waals surface area contributed by atoms with E-state index in [1.54, 1.807) is 7.11 Å². The number of benzene rings is 1. The van der Waals surface area contributed by atoms with Crippen LogP contribution >= 0.6 is 31.9 Å². The minimum Gasteiger partial charge on any atom is -0.494 e. The van der Waals surface area contributed by atoms with E-state index < -0.39 is 0 Å². The molecular formula is C15H23Br2NO. The molecule has 0 spiro atoms. The molecule has 0 aliphatic rings. The number of hydrogen-bond acceptors (Lipinski definition) is 2. The third-order valence-electron chi connectivity index (χ3n) is 3.16. The molecule has 0 saturated heterocycles. The van der Waals surface area contributed by atoms with Crippen LogP contribution in [-0.2, 0) is 6.54 Å². The standard InChI is InChI=1S/C15H23Br2NO/c1-4-5-6-7-11(2)18-10-12-8-13(16)15(19-3)14(17)9-12/h8-9,11,18H,4-7,10H2,1-3H3. The summed E-state index contributed by atoms with van der Waals surface area (Å²) in [6.07, 6.45) is 5.16. The highest BCUT2D eigenvalue weighted by atomic mass is 79.9. The zero-order chi connectivity index (χ0) is 14.3. The van der Waals surface area contributed by atoms with E-state index >= 15 is 0 Å². The lowest BCUT2D eigenvalue weighted by atomic mass is 10.1. The summed E-state index contributed by atoms with van der Waals surface area (Å²) in [5.74, 6) is 0.847. The Kier molecular flexibility index (Phi) is 8.03. The molecule has 1 aromatic rings. The quantitative estimate of drug-likeness (QED) is 0.607. The van der Waals surface area contributed by atoms with Crippen molar-refractivity contribution in [2.45, 2.75) is 52.1 Å². The molecule has 4 heteroatoms. The molecule has 1 aromatic carbocycles. The van der Waals surface area contributed by atoms with Crippen LogP contribution in [0.3, 0.4) is 0 Å².